The van der Waals surface area contributed by atoms with Crippen molar-refractivity contribution in [2.24, 2.45) is 11.7 Å². The van der Waals surface area contributed by atoms with Crippen molar-refractivity contribution in [1.29, 1.82) is 0 Å². The first-order valence-electron chi connectivity index (χ1n) is 6.90. The molecule has 3 heteroatoms. The Morgan fingerprint density at radius 1 is 1.22 bits per heavy atom. The number of hydrogen-bond acceptors (Lipinski definition) is 2. The maximum atomic E-state index is 13.7. The van der Waals surface area contributed by atoms with Gasteiger partial charge >= 0.3 is 0 Å². The van der Waals surface area contributed by atoms with Gasteiger partial charge in [-0.05, 0) is 25.0 Å². The molecule has 2 N–H and O–H groups in total. The summed E-state index contributed by atoms with van der Waals surface area (Å²) in [6, 6.07) is 5.22. The molecule has 0 saturated heterocycles. The van der Waals surface area contributed by atoms with Crippen LogP contribution in [0, 0.1) is 11.7 Å². The average molecular weight is 252 g/mol. The second-order valence-corrected chi connectivity index (χ2v) is 4.66. The van der Waals surface area contributed by atoms with Crippen LogP contribution in [-0.4, -0.2) is 13.1 Å². The second kappa shape index (κ2) is 7.37. The van der Waals surface area contributed by atoms with Gasteiger partial charge in [-0.2, -0.15) is 0 Å². The van der Waals surface area contributed by atoms with Crippen LogP contribution in [-0.2, 0) is 6.54 Å². The molecule has 1 aromatic carbocycles. The lowest BCUT2D eigenvalue weighted by molar-refractivity contribution is 0.485. The van der Waals surface area contributed by atoms with Crippen molar-refractivity contribution in [2.45, 2.75) is 40.2 Å². The number of nitrogens with zero attached hydrogens (tertiary/aromatic N) is 1. The average Bonchev–Trinajstić information content (AvgIpc) is 2.40. The van der Waals surface area contributed by atoms with E-state index in [4.69, 9.17) is 5.73 Å². The van der Waals surface area contributed by atoms with Crippen LogP contribution < -0.4 is 10.6 Å². The number of rotatable bonds is 7. The first kappa shape index (κ1) is 15.0. The van der Waals surface area contributed by atoms with E-state index in [2.05, 4.69) is 25.7 Å². The maximum Gasteiger partial charge on any atom is 0.129 e. The van der Waals surface area contributed by atoms with Gasteiger partial charge in [-0.25, -0.2) is 4.39 Å². The van der Waals surface area contributed by atoms with Gasteiger partial charge in [-0.15, -0.1) is 0 Å². The summed E-state index contributed by atoms with van der Waals surface area (Å²) in [7, 11) is 0. The number of anilines is 1. The summed E-state index contributed by atoms with van der Waals surface area (Å²) in [4.78, 5) is 2.24. The van der Waals surface area contributed by atoms with Crippen LogP contribution >= 0.6 is 0 Å². The Morgan fingerprint density at radius 2 is 1.89 bits per heavy atom. The molecule has 0 amide bonds. The highest BCUT2D eigenvalue weighted by Gasteiger charge is 2.15. The number of nitrogens with two attached hydrogens (primary N) is 1. The van der Waals surface area contributed by atoms with Crippen molar-refractivity contribution in [3.05, 3.63) is 29.6 Å². The van der Waals surface area contributed by atoms with E-state index in [9.17, 15) is 4.39 Å². The molecule has 0 spiro atoms. The van der Waals surface area contributed by atoms with Crippen LogP contribution in [0.25, 0.3) is 0 Å². The van der Waals surface area contributed by atoms with Crippen molar-refractivity contribution in [3.63, 3.8) is 0 Å². The minimum Gasteiger partial charge on any atom is -0.371 e. The first-order valence-corrected chi connectivity index (χ1v) is 6.90. The summed E-state index contributed by atoms with van der Waals surface area (Å²) >= 11 is 0. The van der Waals surface area contributed by atoms with Gasteiger partial charge in [0.1, 0.15) is 5.82 Å². The number of hydrogen-bond donors (Lipinski definition) is 1. The molecule has 0 heterocycles. The van der Waals surface area contributed by atoms with Crippen molar-refractivity contribution in [1.82, 2.24) is 0 Å². The van der Waals surface area contributed by atoms with E-state index >= 15 is 0 Å². The molecular formula is C15H25FN2. The van der Waals surface area contributed by atoms with Crippen molar-refractivity contribution in [2.75, 3.05) is 18.0 Å². The lowest BCUT2D eigenvalue weighted by atomic mass is 10.0. The molecule has 102 valence electrons. The van der Waals surface area contributed by atoms with Crippen LogP contribution in [0.4, 0.5) is 10.1 Å². The molecule has 1 aromatic rings. The Bertz CT molecular complexity index is 362. The van der Waals surface area contributed by atoms with E-state index in [1.165, 1.54) is 6.07 Å². The Kier molecular flexibility index (Phi) is 6.13. The van der Waals surface area contributed by atoms with Crippen molar-refractivity contribution < 1.29 is 4.39 Å². The Hall–Kier alpha value is -1.09. The van der Waals surface area contributed by atoms with Gasteiger partial charge in [-0.1, -0.05) is 32.8 Å². The minimum atomic E-state index is -0.196. The van der Waals surface area contributed by atoms with Crippen molar-refractivity contribution in [3.8, 4) is 0 Å². The normalized spacial score (nSPS) is 11.0. The lowest BCUT2D eigenvalue weighted by Crippen LogP contribution is -2.30. The van der Waals surface area contributed by atoms with E-state index in [-0.39, 0.29) is 12.4 Å². The summed E-state index contributed by atoms with van der Waals surface area (Å²) in [5, 5.41) is 0. The smallest absolute Gasteiger partial charge is 0.129 e. The highest BCUT2D eigenvalue weighted by Crippen LogP contribution is 2.24. The zero-order valence-corrected chi connectivity index (χ0v) is 11.7. The molecule has 0 radical (unpaired) electrons. The predicted molar refractivity (Wildman–Crippen MR) is 76.3 cm³/mol. The second-order valence-electron chi connectivity index (χ2n) is 4.66. The molecular weight excluding hydrogens is 227 g/mol. The van der Waals surface area contributed by atoms with Gasteiger partial charge in [0.25, 0.3) is 0 Å². The third kappa shape index (κ3) is 3.45. The minimum absolute atomic E-state index is 0.196. The highest BCUT2D eigenvalue weighted by molar-refractivity contribution is 5.54. The van der Waals surface area contributed by atoms with Crippen LogP contribution in [0.2, 0.25) is 0 Å². The topological polar surface area (TPSA) is 29.3 Å². The molecule has 0 saturated carbocycles. The predicted octanol–water partition coefficient (Wildman–Crippen LogP) is 3.55. The molecule has 0 bridgehead atoms. The Morgan fingerprint density at radius 3 is 2.39 bits per heavy atom. The van der Waals surface area contributed by atoms with Crippen LogP contribution in [0.3, 0.4) is 0 Å². The molecule has 0 atom stereocenters. The molecule has 0 aliphatic rings. The summed E-state index contributed by atoms with van der Waals surface area (Å²) in [6.07, 6.45) is 2.31. The van der Waals surface area contributed by atoms with Gasteiger partial charge in [-0.3, -0.25) is 0 Å². The van der Waals surface area contributed by atoms with Gasteiger partial charge in [0.15, 0.2) is 0 Å². The third-order valence-corrected chi connectivity index (χ3v) is 3.65. The fraction of sp³-hybridized carbons (Fsp3) is 0.600. The molecule has 2 nitrogen and oxygen atoms in total. The lowest BCUT2D eigenvalue weighted by Gasteiger charge is -2.29. The fourth-order valence-corrected chi connectivity index (χ4v) is 2.30. The van der Waals surface area contributed by atoms with Crippen LogP contribution in [0.1, 0.15) is 39.2 Å². The van der Waals surface area contributed by atoms with E-state index in [1.54, 1.807) is 6.07 Å². The molecule has 0 aliphatic heterocycles. The van der Waals surface area contributed by atoms with Gasteiger partial charge in [0.2, 0.25) is 0 Å². The van der Waals surface area contributed by atoms with Gasteiger partial charge < -0.3 is 10.6 Å². The van der Waals surface area contributed by atoms with Crippen molar-refractivity contribution >= 4 is 5.69 Å². The zero-order chi connectivity index (χ0) is 13.5. The summed E-state index contributed by atoms with van der Waals surface area (Å²) < 4.78 is 13.7. The monoisotopic (exact) mass is 252 g/mol. The fourth-order valence-electron chi connectivity index (χ4n) is 2.30. The molecule has 0 fully saturated rings. The highest BCUT2D eigenvalue weighted by atomic mass is 19.1. The molecule has 0 aliphatic carbocycles. The summed E-state index contributed by atoms with van der Waals surface area (Å²) in [5.74, 6) is 0.455. The largest absolute Gasteiger partial charge is 0.371 e. The number of benzene rings is 1. The first-order chi connectivity index (χ1) is 8.67. The molecule has 0 unspecified atom stereocenters. The number of halogens is 1. The molecule has 0 aromatic heterocycles. The van der Waals surface area contributed by atoms with E-state index in [0.29, 0.717) is 11.5 Å². The Balaban J connectivity index is 2.97. The SMILES string of the molecule is CCC(CC)CN(CC)c1cccc(F)c1CN. The van der Waals surface area contributed by atoms with Gasteiger partial charge in [0.05, 0.1) is 0 Å². The summed E-state index contributed by atoms with van der Waals surface area (Å²) in [6.45, 7) is 8.62. The van der Waals surface area contributed by atoms with E-state index < -0.39 is 0 Å². The summed E-state index contributed by atoms with van der Waals surface area (Å²) in [5.41, 5.74) is 7.25. The molecule has 18 heavy (non-hydrogen) atoms. The quantitative estimate of drug-likeness (QED) is 0.804. The standard InChI is InChI=1S/C15H25FN2/c1-4-12(5-2)11-18(6-3)15-9-7-8-14(16)13(15)10-17/h7-9,12H,4-6,10-11,17H2,1-3H3. The van der Waals surface area contributed by atoms with E-state index in [0.717, 1.165) is 31.6 Å². The van der Waals surface area contributed by atoms with Gasteiger partial charge in [0, 0.05) is 30.9 Å². The van der Waals surface area contributed by atoms with E-state index in [1.807, 2.05) is 6.07 Å². The van der Waals surface area contributed by atoms with Crippen LogP contribution in [0.15, 0.2) is 18.2 Å². The third-order valence-electron chi connectivity index (χ3n) is 3.65. The van der Waals surface area contributed by atoms with Crippen LogP contribution in [0.5, 0.6) is 0 Å². The zero-order valence-electron chi connectivity index (χ0n) is 11.7. The maximum absolute atomic E-state index is 13.7. The Labute approximate surface area is 110 Å². The molecule has 1 rings (SSSR count).